The van der Waals surface area contributed by atoms with Gasteiger partial charge in [0.2, 0.25) is 5.96 Å². The highest BCUT2D eigenvalue weighted by atomic mass is 16.5. The van der Waals surface area contributed by atoms with Gasteiger partial charge in [0.15, 0.2) is 0 Å². The molecule has 4 heteroatoms. The van der Waals surface area contributed by atoms with Crippen molar-refractivity contribution in [2.75, 3.05) is 6.54 Å². The van der Waals surface area contributed by atoms with Crippen LogP contribution in [0.2, 0.25) is 0 Å². The van der Waals surface area contributed by atoms with Crippen LogP contribution in [-0.2, 0) is 0 Å². The van der Waals surface area contributed by atoms with E-state index in [1.807, 2.05) is 0 Å². The highest BCUT2D eigenvalue weighted by molar-refractivity contribution is 5.76. The fraction of sp³-hybridized carbons (Fsp3) is 0.889. The van der Waals surface area contributed by atoms with E-state index in [0.29, 0.717) is 6.54 Å². The maximum absolute atomic E-state index is 8.30. The van der Waals surface area contributed by atoms with Gasteiger partial charge >= 0.3 is 0 Å². The molecule has 0 aliphatic carbocycles. The van der Waals surface area contributed by atoms with Crippen molar-refractivity contribution in [1.82, 2.24) is 5.48 Å². The van der Waals surface area contributed by atoms with Crippen molar-refractivity contribution >= 4 is 5.96 Å². The molecule has 0 aliphatic heterocycles. The van der Waals surface area contributed by atoms with E-state index in [4.69, 9.17) is 10.9 Å². The van der Waals surface area contributed by atoms with Crippen molar-refractivity contribution in [3.63, 3.8) is 0 Å². The highest BCUT2D eigenvalue weighted by Gasteiger charge is 1.89. The van der Waals surface area contributed by atoms with E-state index in [-0.39, 0.29) is 5.96 Å². The van der Waals surface area contributed by atoms with Gasteiger partial charge in [0.25, 0.3) is 0 Å². The van der Waals surface area contributed by atoms with Crippen molar-refractivity contribution in [2.45, 2.75) is 45.4 Å². The molecule has 0 atom stereocenters. The summed E-state index contributed by atoms with van der Waals surface area (Å²) >= 11 is 0. The normalized spacial score (nSPS) is 11.7. The van der Waals surface area contributed by atoms with Gasteiger partial charge in [0.1, 0.15) is 0 Å². The Hall–Kier alpha value is -0.770. The first-order chi connectivity index (χ1) is 6.31. The van der Waals surface area contributed by atoms with Crippen LogP contribution >= 0.6 is 0 Å². The number of guanidine groups is 1. The van der Waals surface area contributed by atoms with Crippen molar-refractivity contribution < 1.29 is 5.21 Å². The average Bonchev–Trinajstić information content (AvgIpc) is 2.16. The SMILES string of the molecule is CCCCCCCCN=C(N)NO. The standard InChI is InChI=1S/C9H21N3O/c1-2-3-4-5-6-7-8-11-9(10)12-13/h13H,2-8H2,1H3,(H3,10,11,12). The summed E-state index contributed by atoms with van der Waals surface area (Å²) in [6.45, 7) is 2.91. The Balaban J connectivity index is 3.08. The number of nitrogens with zero attached hydrogens (tertiary/aromatic N) is 1. The topological polar surface area (TPSA) is 70.6 Å². The highest BCUT2D eigenvalue weighted by Crippen LogP contribution is 2.04. The molecule has 0 spiro atoms. The van der Waals surface area contributed by atoms with E-state index in [1.165, 1.54) is 32.1 Å². The summed E-state index contributed by atoms with van der Waals surface area (Å²) in [4.78, 5) is 3.89. The molecule has 0 radical (unpaired) electrons. The van der Waals surface area contributed by atoms with Crippen molar-refractivity contribution in [2.24, 2.45) is 10.7 Å². The lowest BCUT2D eigenvalue weighted by Crippen LogP contribution is -2.28. The van der Waals surface area contributed by atoms with Crippen LogP contribution in [0.4, 0.5) is 0 Å². The van der Waals surface area contributed by atoms with Gasteiger partial charge < -0.3 is 5.73 Å². The molecule has 4 N–H and O–H groups in total. The van der Waals surface area contributed by atoms with Crippen LogP contribution in [0, 0.1) is 0 Å². The van der Waals surface area contributed by atoms with Gasteiger partial charge in [-0.05, 0) is 6.42 Å². The van der Waals surface area contributed by atoms with Gasteiger partial charge in [0.05, 0.1) is 0 Å². The second-order valence-electron chi connectivity index (χ2n) is 3.15. The lowest BCUT2D eigenvalue weighted by Gasteiger charge is -1.99. The second kappa shape index (κ2) is 9.32. The first kappa shape index (κ1) is 12.2. The summed E-state index contributed by atoms with van der Waals surface area (Å²) < 4.78 is 0. The quantitative estimate of drug-likeness (QED) is 0.245. The predicted molar refractivity (Wildman–Crippen MR) is 54.8 cm³/mol. The van der Waals surface area contributed by atoms with Crippen LogP contribution in [0.5, 0.6) is 0 Å². The molecule has 0 aromatic carbocycles. The summed E-state index contributed by atoms with van der Waals surface area (Å²) in [5.74, 6) is 0.105. The largest absolute Gasteiger partial charge is 0.368 e. The summed E-state index contributed by atoms with van der Waals surface area (Å²) in [7, 11) is 0. The number of aliphatic imine (C=N–C) groups is 1. The number of hydrogen-bond acceptors (Lipinski definition) is 2. The number of nitrogens with one attached hydrogen (secondary N) is 1. The molecule has 0 bridgehead atoms. The third-order valence-corrected chi connectivity index (χ3v) is 1.91. The zero-order valence-electron chi connectivity index (χ0n) is 8.42. The summed E-state index contributed by atoms with van der Waals surface area (Å²) in [6, 6.07) is 0. The van der Waals surface area contributed by atoms with Gasteiger partial charge in [-0.15, -0.1) is 0 Å². The zero-order valence-corrected chi connectivity index (χ0v) is 8.42. The fourth-order valence-electron chi connectivity index (χ4n) is 1.13. The molecular formula is C9H21N3O. The zero-order chi connectivity index (χ0) is 9.94. The molecule has 0 aromatic rings. The summed E-state index contributed by atoms with van der Waals surface area (Å²) in [5, 5.41) is 8.30. The molecule has 0 unspecified atom stereocenters. The Morgan fingerprint density at radius 1 is 1.23 bits per heavy atom. The number of rotatable bonds is 7. The molecule has 0 fully saturated rings. The number of unbranched alkanes of at least 4 members (excludes halogenated alkanes) is 5. The molecule has 0 saturated carbocycles. The molecule has 4 nitrogen and oxygen atoms in total. The molecule has 0 aliphatic rings. The Morgan fingerprint density at radius 3 is 2.46 bits per heavy atom. The molecule has 0 saturated heterocycles. The van der Waals surface area contributed by atoms with Crippen LogP contribution in [0.1, 0.15) is 45.4 Å². The van der Waals surface area contributed by atoms with Crippen LogP contribution in [0.25, 0.3) is 0 Å². The molecule has 13 heavy (non-hydrogen) atoms. The fourth-order valence-corrected chi connectivity index (χ4v) is 1.13. The second-order valence-corrected chi connectivity index (χ2v) is 3.15. The molecule has 0 rings (SSSR count). The molecule has 0 amide bonds. The van der Waals surface area contributed by atoms with E-state index in [0.717, 1.165) is 6.42 Å². The monoisotopic (exact) mass is 187 g/mol. The third kappa shape index (κ3) is 9.14. The van der Waals surface area contributed by atoms with Gasteiger partial charge in [-0.2, -0.15) is 0 Å². The maximum Gasteiger partial charge on any atom is 0.212 e. The van der Waals surface area contributed by atoms with Crippen LogP contribution in [0.15, 0.2) is 4.99 Å². The number of hydroxylamine groups is 1. The minimum absolute atomic E-state index is 0.105. The summed E-state index contributed by atoms with van der Waals surface area (Å²) in [5.41, 5.74) is 7.03. The van der Waals surface area contributed by atoms with Crippen LogP contribution in [0.3, 0.4) is 0 Å². The minimum atomic E-state index is 0.105. The van der Waals surface area contributed by atoms with Gasteiger partial charge in [-0.25, -0.2) is 5.48 Å². The Kier molecular flexibility index (Phi) is 8.77. The van der Waals surface area contributed by atoms with Crippen LogP contribution < -0.4 is 11.2 Å². The molecule has 0 heterocycles. The average molecular weight is 187 g/mol. The smallest absolute Gasteiger partial charge is 0.212 e. The summed E-state index contributed by atoms with van der Waals surface area (Å²) in [6.07, 6.45) is 7.43. The Labute approximate surface area is 80.2 Å². The molecular weight excluding hydrogens is 166 g/mol. The van der Waals surface area contributed by atoms with E-state index >= 15 is 0 Å². The third-order valence-electron chi connectivity index (χ3n) is 1.91. The minimum Gasteiger partial charge on any atom is -0.368 e. The lowest BCUT2D eigenvalue weighted by molar-refractivity contribution is 0.232. The Morgan fingerprint density at radius 2 is 1.85 bits per heavy atom. The van der Waals surface area contributed by atoms with Gasteiger partial charge in [0, 0.05) is 6.54 Å². The predicted octanol–water partition coefficient (Wildman–Crippen LogP) is 1.64. The van der Waals surface area contributed by atoms with Gasteiger partial charge in [-0.1, -0.05) is 39.0 Å². The first-order valence-electron chi connectivity index (χ1n) is 5.01. The van der Waals surface area contributed by atoms with E-state index in [9.17, 15) is 0 Å². The van der Waals surface area contributed by atoms with Crippen molar-refractivity contribution in [3.05, 3.63) is 0 Å². The van der Waals surface area contributed by atoms with E-state index in [1.54, 1.807) is 5.48 Å². The van der Waals surface area contributed by atoms with Crippen LogP contribution in [-0.4, -0.2) is 17.7 Å². The Bertz CT molecular complexity index is 137. The van der Waals surface area contributed by atoms with Gasteiger partial charge in [-0.3, -0.25) is 10.2 Å². The van der Waals surface area contributed by atoms with E-state index < -0.39 is 0 Å². The first-order valence-corrected chi connectivity index (χ1v) is 5.01. The lowest BCUT2D eigenvalue weighted by atomic mass is 10.1. The maximum atomic E-state index is 8.30. The molecule has 78 valence electrons. The molecule has 0 aromatic heterocycles. The number of hydrogen-bond donors (Lipinski definition) is 3. The van der Waals surface area contributed by atoms with Crippen molar-refractivity contribution in [1.29, 1.82) is 0 Å². The van der Waals surface area contributed by atoms with Crippen molar-refractivity contribution in [3.8, 4) is 0 Å². The van der Waals surface area contributed by atoms with E-state index in [2.05, 4.69) is 11.9 Å². The number of nitrogens with two attached hydrogens (primary N) is 1.